The van der Waals surface area contributed by atoms with Gasteiger partial charge in [-0.05, 0) is 31.5 Å². The van der Waals surface area contributed by atoms with Crippen LogP contribution in [0.2, 0.25) is 0 Å². The largest absolute Gasteiger partial charge is 0.459 e. The second-order valence-electron chi connectivity index (χ2n) is 8.97. The fourth-order valence-corrected chi connectivity index (χ4v) is 4.37. The van der Waals surface area contributed by atoms with Crippen LogP contribution in [-0.2, 0) is 17.8 Å². The van der Waals surface area contributed by atoms with Crippen LogP contribution >= 0.6 is 0 Å². The Morgan fingerprint density at radius 3 is 2.57 bits per heavy atom. The molecule has 4 rings (SSSR count). The van der Waals surface area contributed by atoms with E-state index in [-0.39, 0.29) is 17.4 Å². The number of carbonyl (C=O) groups excluding carboxylic acids is 1. The molecule has 1 amide bonds. The van der Waals surface area contributed by atoms with Crippen molar-refractivity contribution in [3.8, 4) is 6.07 Å². The Balaban J connectivity index is 1.64. The van der Waals surface area contributed by atoms with Gasteiger partial charge in [0, 0.05) is 17.9 Å². The number of hydrogen-bond donors (Lipinski definition) is 0. The average molecular weight is 410 g/mol. The summed E-state index contributed by atoms with van der Waals surface area (Å²) in [7, 11) is 0. The van der Waals surface area contributed by atoms with Gasteiger partial charge in [-0.1, -0.05) is 13.8 Å². The van der Waals surface area contributed by atoms with E-state index >= 15 is 0 Å². The van der Waals surface area contributed by atoms with E-state index in [1.807, 2.05) is 0 Å². The molecular weight excluding hydrogens is 380 g/mol. The van der Waals surface area contributed by atoms with E-state index in [4.69, 9.17) is 9.15 Å². The molecule has 0 aliphatic carbocycles. The molecule has 0 spiro atoms. The number of ether oxygens (including phenoxy) is 1. The molecule has 2 aromatic heterocycles. The highest BCUT2D eigenvalue weighted by molar-refractivity contribution is 5.91. The Morgan fingerprint density at radius 1 is 1.23 bits per heavy atom. The molecule has 0 unspecified atom stereocenters. The molecule has 2 aromatic rings. The number of aromatic amines is 1. The Labute approximate surface area is 177 Å². The third kappa shape index (κ3) is 3.68. The molecule has 7 heteroatoms. The molecule has 2 aliphatic heterocycles. The molecular formula is C23H29N4O3+. The number of amides is 1. The first kappa shape index (κ1) is 20.4. The molecule has 1 saturated heterocycles. The molecule has 1 N–H and O–H groups in total. The van der Waals surface area contributed by atoms with Gasteiger partial charge in [-0.25, -0.2) is 4.98 Å². The van der Waals surface area contributed by atoms with Crippen LogP contribution in [0.15, 0.2) is 22.8 Å². The fraction of sp³-hybridized carbons (Fsp3) is 0.522. The topological polar surface area (TPSA) is 83.9 Å². The number of pyridine rings is 1. The van der Waals surface area contributed by atoms with Crippen molar-refractivity contribution in [3.05, 3.63) is 46.5 Å². The van der Waals surface area contributed by atoms with Crippen LogP contribution in [0.1, 0.15) is 66.6 Å². The van der Waals surface area contributed by atoms with E-state index in [9.17, 15) is 10.1 Å². The molecule has 158 valence electrons. The number of anilines is 1. The van der Waals surface area contributed by atoms with E-state index in [1.54, 1.807) is 17.0 Å². The van der Waals surface area contributed by atoms with Crippen LogP contribution in [0.25, 0.3) is 0 Å². The summed E-state index contributed by atoms with van der Waals surface area (Å²) >= 11 is 0. The number of aromatic nitrogens is 1. The standard InChI is InChI=1S/C23H28N4O3/c1-15(2)20-18-14-30-23(3,4)12-16(18)17(13-24)21(25-20)26-7-9-27(10-8-26)22(28)19-6-5-11-29-19/h5-6,11,15H,7-10,12,14H2,1-4H3/p+1. The number of fused-ring (bicyclic) bond motifs is 1. The van der Waals surface area contributed by atoms with Crippen molar-refractivity contribution in [2.75, 3.05) is 31.1 Å². The summed E-state index contributed by atoms with van der Waals surface area (Å²) in [6.45, 7) is 11.5. The zero-order valence-electron chi connectivity index (χ0n) is 18.1. The molecule has 4 heterocycles. The van der Waals surface area contributed by atoms with E-state index in [0.29, 0.717) is 50.5 Å². The van der Waals surface area contributed by atoms with Gasteiger partial charge >= 0.3 is 0 Å². The van der Waals surface area contributed by atoms with Crippen molar-refractivity contribution in [3.63, 3.8) is 0 Å². The van der Waals surface area contributed by atoms with Crippen LogP contribution in [0.3, 0.4) is 0 Å². The highest BCUT2D eigenvalue weighted by Crippen LogP contribution is 2.35. The van der Waals surface area contributed by atoms with Gasteiger partial charge in [-0.15, -0.1) is 0 Å². The number of carbonyl (C=O) groups is 1. The maximum Gasteiger partial charge on any atom is 0.293 e. The van der Waals surface area contributed by atoms with E-state index < -0.39 is 0 Å². The zero-order valence-corrected chi connectivity index (χ0v) is 18.1. The number of hydrogen-bond acceptors (Lipinski definition) is 5. The van der Waals surface area contributed by atoms with Crippen molar-refractivity contribution in [1.29, 1.82) is 5.26 Å². The molecule has 7 nitrogen and oxygen atoms in total. The minimum Gasteiger partial charge on any atom is -0.459 e. The summed E-state index contributed by atoms with van der Waals surface area (Å²) in [6, 6.07) is 5.88. The lowest BCUT2D eigenvalue weighted by Gasteiger charge is -2.35. The van der Waals surface area contributed by atoms with Gasteiger partial charge < -0.3 is 14.1 Å². The highest BCUT2D eigenvalue weighted by Gasteiger charge is 2.37. The third-order valence-corrected chi connectivity index (χ3v) is 6.00. The lowest BCUT2D eigenvalue weighted by molar-refractivity contribution is -0.381. The van der Waals surface area contributed by atoms with Crippen molar-refractivity contribution in [2.24, 2.45) is 0 Å². The summed E-state index contributed by atoms with van der Waals surface area (Å²) in [4.78, 5) is 20.1. The first-order chi connectivity index (χ1) is 14.3. The molecule has 30 heavy (non-hydrogen) atoms. The maximum atomic E-state index is 12.6. The highest BCUT2D eigenvalue weighted by atomic mass is 16.5. The number of nitriles is 1. The second kappa shape index (κ2) is 7.77. The zero-order chi connectivity index (χ0) is 21.5. The lowest BCUT2D eigenvalue weighted by atomic mass is 9.86. The third-order valence-electron chi connectivity index (χ3n) is 6.00. The van der Waals surface area contributed by atoms with Crippen LogP contribution in [0.5, 0.6) is 0 Å². The smallest absolute Gasteiger partial charge is 0.293 e. The summed E-state index contributed by atoms with van der Waals surface area (Å²) < 4.78 is 11.3. The number of nitrogens with zero attached hydrogens (tertiary/aromatic N) is 3. The second-order valence-corrected chi connectivity index (χ2v) is 8.97. The van der Waals surface area contributed by atoms with Crippen molar-refractivity contribution < 1.29 is 18.9 Å². The molecule has 0 radical (unpaired) electrons. The number of furan rings is 1. The molecule has 2 aliphatic rings. The Bertz CT molecular complexity index is 981. The van der Waals surface area contributed by atoms with Gasteiger partial charge in [-0.3, -0.25) is 9.69 Å². The van der Waals surface area contributed by atoms with Gasteiger partial charge in [0.15, 0.2) is 5.76 Å². The molecule has 0 bridgehead atoms. The first-order valence-corrected chi connectivity index (χ1v) is 10.5. The quantitative estimate of drug-likeness (QED) is 0.778. The van der Waals surface area contributed by atoms with Gasteiger partial charge in [-0.2, -0.15) is 5.26 Å². The van der Waals surface area contributed by atoms with Gasteiger partial charge in [0.1, 0.15) is 30.4 Å². The number of rotatable bonds is 3. The van der Waals surface area contributed by atoms with E-state index in [1.165, 1.54) is 6.26 Å². The molecule has 0 aromatic carbocycles. The first-order valence-electron chi connectivity index (χ1n) is 10.5. The van der Waals surface area contributed by atoms with Crippen LogP contribution in [0.4, 0.5) is 5.82 Å². The minimum absolute atomic E-state index is 0.0867. The maximum absolute atomic E-state index is 12.6. The molecule has 1 fully saturated rings. The number of piperazine rings is 1. The predicted molar refractivity (Wildman–Crippen MR) is 111 cm³/mol. The van der Waals surface area contributed by atoms with E-state index in [0.717, 1.165) is 22.6 Å². The van der Waals surface area contributed by atoms with Crippen LogP contribution < -0.4 is 9.88 Å². The Morgan fingerprint density at radius 2 is 1.97 bits per heavy atom. The normalized spacial score (nSPS) is 18.3. The van der Waals surface area contributed by atoms with Gasteiger partial charge in [0.25, 0.3) is 11.7 Å². The van der Waals surface area contributed by atoms with Crippen LogP contribution in [-0.4, -0.2) is 42.6 Å². The minimum atomic E-state index is -0.292. The van der Waals surface area contributed by atoms with Crippen LogP contribution in [0, 0.1) is 11.3 Å². The molecule has 0 saturated carbocycles. The monoisotopic (exact) mass is 409 g/mol. The Hall–Kier alpha value is -2.85. The van der Waals surface area contributed by atoms with Gasteiger partial charge in [0.05, 0.1) is 31.6 Å². The summed E-state index contributed by atoms with van der Waals surface area (Å²) in [5.74, 6) is 1.43. The average Bonchev–Trinajstić information content (AvgIpc) is 3.26. The SMILES string of the molecule is CC(C)c1[nH+]c(N2CCN(C(=O)c3ccco3)CC2)c(C#N)c2c1COC(C)(C)C2. The van der Waals surface area contributed by atoms with Gasteiger partial charge in [0.2, 0.25) is 0 Å². The van der Waals surface area contributed by atoms with Crippen molar-refractivity contribution >= 4 is 11.7 Å². The predicted octanol–water partition coefficient (Wildman–Crippen LogP) is 2.90. The van der Waals surface area contributed by atoms with Crippen molar-refractivity contribution in [1.82, 2.24) is 4.90 Å². The Kier molecular flexibility index (Phi) is 5.29. The molecule has 0 atom stereocenters. The van der Waals surface area contributed by atoms with Crippen molar-refractivity contribution in [2.45, 2.75) is 52.2 Å². The summed E-state index contributed by atoms with van der Waals surface area (Å²) in [6.07, 6.45) is 2.23. The fourth-order valence-electron chi connectivity index (χ4n) is 4.37. The number of nitrogens with one attached hydrogen (secondary N) is 1. The van der Waals surface area contributed by atoms with E-state index in [2.05, 4.69) is 43.6 Å². The number of H-pyrrole nitrogens is 1. The summed E-state index contributed by atoms with van der Waals surface area (Å²) in [5, 5.41) is 10.1. The summed E-state index contributed by atoms with van der Waals surface area (Å²) in [5.41, 5.74) is 3.76. The lowest BCUT2D eigenvalue weighted by Crippen LogP contribution is -2.51.